The van der Waals surface area contributed by atoms with Crippen LogP contribution in [0.2, 0.25) is 0 Å². The highest BCUT2D eigenvalue weighted by molar-refractivity contribution is 7.86. The first-order valence-corrected chi connectivity index (χ1v) is 12.1. The van der Waals surface area contributed by atoms with Gasteiger partial charge in [0.15, 0.2) is 0 Å². The second-order valence-electron chi connectivity index (χ2n) is 8.42. The van der Waals surface area contributed by atoms with Gasteiger partial charge in [-0.3, -0.25) is 9.69 Å². The van der Waals surface area contributed by atoms with Crippen molar-refractivity contribution in [3.8, 4) is 0 Å². The largest absolute Gasteiger partial charge is 0.292 e. The summed E-state index contributed by atoms with van der Waals surface area (Å²) in [7, 11) is -0.388. The minimum Gasteiger partial charge on any atom is -0.292 e. The molecule has 1 atom stereocenters. The molecule has 166 valence electrons. The monoisotopic (exact) mass is 443 g/mol. The van der Waals surface area contributed by atoms with E-state index in [4.69, 9.17) is 9.97 Å². The van der Waals surface area contributed by atoms with E-state index in [1.807, 2.05) is 37.3 Å². The standard InChI is InChI=1S/C22H29N5O3S/c1-16-19-11-12-20(28)27(14-17-8-5-4-6-9-17)22(19)24-21(23-16)18-10-7-13-26(15-18)31(29,30)25(2)3/h4-6,8-9,18H,7,10-15H2,1-3H3/t18-/m0/s1. The van der Waals surface area contributed by atoms with Crippen LogP contribution in [0.25, 0.3) is 0 Å². The molecule has 2 aromatic rings. The highest BCUT2D eigenvalue weighted by Crippen LogP contribution is 2.33. The molecule has 8 nitrogen and oxygen atoms in total. The first kappa shape index (κ1) is 21.9. The molecule has 9 heteroatoms. The van der Waals surface area contributed by atoms with Crippen LogP contribution in [0, 0.1) is 6.92 Å². The van der Waals surface area contributed by atoms with Crippen molar-refractivity contribution in [2.24, 2.45) is 0 Å². The zero-order valence-electron chi connectivity index (χ0n) is 18.3. The van der Waals surface area contributed by atoms with E-state index in [1.165, 1.54) is 8.61 Å². The Balaban J connectivity index is 1.67. The molecule has 0 bridgehead atoms. The predicted molar refractivity (Wildman–Crippen MR) is 119 cm³/mol. The SMILES string of the molecule is Cc1nc([C@H]2CCCN(S(=O)(=O)N(C)C)C2)nc2c1CCC(=O)N2Cc1ccccc1. The molecule has 0 saturated carbocycles. The van der Waals surface area contributed by atoms with E-state index in [0.717, 1.165) is 29.7 Å². The van der Waals surface area contributed by atoms with Crippen LogP contribution >= 0.6 is 0 Å². The van der Waals surface area contributed by atoms with Crippen LogP contribution in [0.4, 0.5) is 5.82 Å². The number of anilines is 1. The van der Waals surface area contributed by atoms with Crippen molar-refractivity contribution in [3.63, 3.8) is 0 Å². The maximum Gasteiger partial charge on any atom is 0.281 e. The van der Waals surface area contributed by atoms with E-state index < -0.39 is 10.2 Å². The second-order valence-corrected chi connectivity index (χ2v) is 10.6. The third-order valence-electron chi connectivity index (χ3n) is 6.08. The van der Waals surface area contributed by atoms with Gasteiger partial charge in [0.25, 0.3) is 10.2 Å². The molecule has 4 rings (SSSR count). The highest BCUT2D eigenvalue weighted by Gasteiger charge is 2.34. The summed E-state index contributed by atoms with van der Waals surface area (Å²) in [6.07, 6.45) is 2.66. The molecule has 31 heavy (non-hydrogen) atoms. The van der Waals surface area contributed by atoms with Gasteiger partial charge in [0.1, 0.15) is 11.6 Å². The van der Waals surface area contributed by atoms with Gasteiger partial charge in [-0.05, 0) is 31.7 Å². The minimum atomic E-state index is -3.48. The van der Waals surface area contributed by atoms with Crippen LogP contribution in [0.15, 0.2) is 30.3 Å². The van der Waals surface area contributed by atoms with Crippen LogP contribution in [0.3, 0.4) is 0 Å². The summed E-state index contributed by atoms with van der Waals surface area (Å²) in [6, 6.07) is 9.88. The van der Waals surface area contributed by atoms with Gasteiger partial charge >= 0.3 is 0 Å². The topological polar surface area (TPSA) is 86.7 Å². The molecule has 1 amide bonds. The fourth-order valence-corrected chi connectivity index (χ4v) is 5.50. The molecule has 0 spiro atoms. The van der Waals surface area contributed by atoms with E-state index in [1.54, 1.807) is 19.0 Å². The maximum atomic E-state index is 12.8. The summed E-state index contributed by atoms with van der Waals surface area (Å²) in [5.41, 5.74) is 2.92. The maximum absolute atomic E-state index is 12.8. The van der Waals surface area contributed by atoms with Crippen molar-refractivity contribution >= 4 is 21.9 Å². The Morgan fingerprint density at radius 2 is 1.87 bits per heavy atom. The summed E-state index contributed by atoms with van der Waals surface area (Å²) in [6.45, 7) is 3.27. The third kappa shape index (κ3) is 4.35. The summed E-state index contributed by atoms with van der Waals surface area (Å²) in [5, 5.41) is 0. The van der Waals surface area contributed by atoms with Gasteiger partial charge in [0.2, 0.25) is 5.91 Å². The van der Waals surface area contributed by atoms with Crippen LogP contribution in [-0.4, -0.2) is 60.1 Å². The Hall–Kier alpha value is -2.36. The second kappa shape index (κ2) is 8.64. The average molecular weight is 444 g/mol. The lowest BCUT2D eigenvalue weighted by molar-refractivity contribution is -0.119. The normalized spacial score (nSPS) is 20.2. The van der Waals surface area contributed by atoms with Gasteiger partial charge in [0, 0.05) is 50.8 Å². The highest BCUT2D eigenvalue weighted by atomic mass is 32.2. The van der Waals surface area contributed by atoms with Crippen molar-refractivity contribution in [1.82, 2.24) is 18.6 Å². The number of fused-ring (bicyclic) bond motifs is 1. The zero-order valence-corrected chi connectivity index (χ0v) is 19.1. The van der Waals surface area contributed by atoms with Crippen molar-refractivity contribution in [1.29, 1.82) is 0 Å². The first-order chi connectivity index (χ1) is 14.8. The zero-order chi connectivity index (χ0) is 22.2. The molecule has 0 radical (unpaired) electrons. The lowest BCUT2D eigenvalue weighted by Crippen LogP contribution is -2.45. The molecule has 1 aromatic heterocycles. The lowest BCUT2D eigenvalue weighted by Gasteiger charge is -2.34. The summed E-state index contributed by atoms with van der Waals surface area (Å²) in [5.74, 6) is 1.27. The van der Waals surface area contributed by atoms with Gasteiger partial charge < -0.3 is 0 Å². The number of benzene rings is 1. The molecule has 1 fully saturated rings. The molecule has 0 N–H and O–H groups in total. The average Bonchev–Trinajstić information content (AvgIpc) is 2.76. The lowest BCUT2D eigenvalue weighted by atomic mass is 9.97. The summed E-state index contributed by atoms with van der Waals surface area (Å²) >= 11 is 0. The van der Waals surface area contributed by atoms with Crippen molar-refractivity contribution in [2.75, 3.05) is 32.1 Å². The molecule has 3 heterocycles. The molecule has 2 aliphatic heterocycles. The quantitative estimate of drug-likeness (QED) is 0.707. The van der Waals surface area contributed by atoms with Gasteiger partial charge in [-0.2, -0.15) is 17.0 Å². The summed E-state index contributed by atoms with van der Waals surface area (Å²) < 4.78 is 28.0. The first-order valence-electron chi connectivity index (χ1n) is 10.7. The number of piperidine rings is 1. The third-order valence-corrected chi connectivity index (χ3v) is 7.98. The number of aryl methyl sites for hydroxylation is 1. The number of aromatic nitrogens is 2. The fourth-order valence-electron chi connectivity index (χ4n) is 4.31. The van der Waals surface area contributed by atoms with E-state index in [9.17, 15) is 13.2 Å². The number of carbonyl (C=O) groups is 1. The molecule has 2 aliphatic rings. The molecular weight excluding hydrogens is 414 g/mol. The van der Waals surface area contributed by atoms with Crippen molar-refractivity contribution in [2.45, 2.75) is 45.1 Å². The number of hydrogen-bond donors (Lipinski definition) is 0. The van der Waals surface area contributed by atoms with Crippen molar-refractivity contribution < 1.29 is 13.2 Å². The molecular formula is C22H29N5O3S. The Morgan fingerprint density at radius 1 is 1.13 bits per heavy atom. The fraction of sp³-hybridized carbons (Fsp3) is 0.500. The Kier molecular flexibility index (Phi) is 6.09. The van der Waals surface area contributed by atoms with E-state index >= 15 is 0 Å². The number of carbonyl (C=O) groups excluding carboxylic acids is 1. The smallest absolute Gasteiger partial charge is 0.281 e. The molecule has 0 aliphatic carbocycles. The van der Waals surface area contributed by atoms with Crippen molar-refractivity contribution in [3.05, 3.63) is 53.0 Å². The Bertz CT molecular complexity index is 1070. The van der Waals surface area contributed by atoms with Crippen LogP contribution in [0.5, 0.6) is 0 Å². The molecule has 1 aromatic carbocycles. The Labute approximate surface area is 184 Å². The van der Waals surface area contributed by atoms with Crippen LogP contribution in [-0.2, 0) is 28.0 Å². The van der Waals surface area contributed by atoms with Gasteiger partial charge in [0.05, 0.1) is 6.54 Å². The van der Waals surface area contributed by atoms with E-state index in [-0.39, 0.29) is 11.8 Å². The summed E-state index contributed by atoms with van der Waals surface area (Å²) in [4.78, 5) is 24.1. The Morgan fingerprint density at radius 3 is 2.58 bits per heavy atom. The number of hydrogen-bond acceptors (Lipinski definition) is 5. The van der Waals surface area contributed by atoms with Crippen LogP contribution in [0.1, 0.15) is 47.8 Å². The van der Waals surface area contributed by atoms with Crippen LogP contribution < -0.4 is 4.90 Å². The number of amides is 1. The van der Waals surface area contributed by atoms with Gasteiger partial charge in [-0.25, -0.2) is 9.97 Å². The number of nitrogens with zero attached hydrogens (tertiary/aromatic N) is 5. The van der Waals surface area contributed by atoms with Gasteiger partial charge in [-0.1, -0.05) is 30.3 Å². The minimum absolute atomic E-state index is 0.0564. The predicted octanol–water partition coefficient (Wildman–Crippen LogP) is 2.25. The van der Waals surface area contributed by atoms with Gasteiger partial charge in [-0.15, -0.1) is 0 Å². The molecule has 0 unspecified atom stereocenters. The number of rotatable bonds is 5. The molecule has 1 saturated heterocycles. The van der Waals surface area contributed by atoms with E-state index in [2.05, 4.69) is 0 Å². The van der Waals surface area contributed by atoms with E-state index in [0.29, 0.717) is 44.1 Å².